The van der Waals surface area contributed by atoms with Gasteiger partial charge >= 0.3 is 5.97 Å². The molecule has 0 aliphatic rings. The Balaban J connectivity index is 1.98. The van der Waals surface area contributed by atoms with Crippen LogP contribution in [0.2, 0.25) is 0 Å². The van der Waals surface area contributed by atoms with E-state index in [-0.39, 0.29) is 4.88 Å². The van der Waals surface area contributed by atoms with Gasteiger partial charge in [0.2, 0.25) is 0 Å². The van der Waals surface area contributed by atoms with Crippen LogP contribution in [0, 0.1) is 0 Å². The fourth-order valence-corrected chi connectivity index (χ4v) is 2.42. The van der Waals surface area contributed by atoms with Crippen LogP contribution in [0.25, 0.3) is 10.9 Å². The average molecular weight is 271 g/mol. The second kappa shape index (κ2) is 4.70. The maximum absolute atomic E-state index is 10.8. The van der Waals surface area contributed by atoms with Crippen LogP contribution in [0.15, 0.2) is 48.0 Å². The lowest BCUT2D eigenvalue weighted by molar-refractivity contribution is 0.0702. The summed E-state index contributed by atoms with van der Waals surface area (Å²) in [6.07, 6.45) is 1.72. The van der Waals surface area contributed by atoms with E-state index in [1.54, 1.807) is 11.6 Å². The van der Waals surface area contributed by atoms with Gasteiger partial charge in [-0.2, -0.15) is 0 Å². The normalized spacial score (nSPS) is 10.5. The molecular weight excluding hydrogens is 262 g/mol. The minimum atomic E-state index is -0.945. The molecule has 0 saturated heterocycles. The van der Waals surface area contributed by atoms with Crippen LogP contribution in [-0.4, -0.2) is 16.1 Å². The van der Waals surface area contributed by atoms with Crippen molar-refractivity contribution < 1.29 is 14.6 Å². The van der Waals surface area contributed by atoms with E-state index < -0.39 is 5.97 Å². The molecule has 2 heterocycles. The van der Waals surface area contributed by atoms with Crippen molar-refractivity contribution in [1.82, 2.24) is 4.98 Å². The van der Waals surface area contributed by atoms with Crippen molar-refractivity contribution in [1.29, 1.82) is 0 Å². The molecule has 4 nitrogen and oxygen atoms in total. The van der Waals surface area contributed by atoms with Crippen molar-refractivity contribution >= 4 is 28.2 Å². The molecule has 2 aromatic heterocycles. The summed E-state index contributed by atoms with van der Waals surface area (Å²) in [4.78, 5) is 15.3. The van der Waals surface area contributed by atoms with Gasteiger partial charge in [0.1, 0.15) is 16.4 Å². The summed E-state index contributed by atoms with van der Waals surface area (Å²) >= 11 is 1.14. The Morgan fingerprint density at radius 2 is 2.16 bits per heavy atom. The number of carbonyl (C=O) groups is 1. The lowest BCUT2D eigenvalue weighted by Crippen LogP contribution is -1.90. The number of aromatic nitrogens is 1. The number of fused-ring (bicyclic) bond motifs is 1. The van der Waals surface area contributed by atoms with Crippen LogP contribution in [-0.2, 0) is 0 Å². The number of thiophene rings is 1. The van der Waals surface area contributed by atoms with Gasteiger partial charge < -0.3 is 9.84 Å². The predicted octanol–water partition coefficient (Wildman–Crippen LogP) is 3.79. The number of nitrogens with zero attached hydrogens (tertiary/aromatic N) is 1. The third kappa shape index (κ3) is 2.28. The SMILES string of the molecule is O=C(O)c1cc(Oc2cccc3ncccc23)cs1. The third-order valence-corrected chi connectivity index (χ3v) is 3.52. The molecule has 5 heteroatoms. The Kier molecular flexibility index (Phi) is 2.89. The minimum absolute atomic E-state index is 0.258. The topological polar surface area (TPSA) is 59.4 Å². The zero-order valence-electron chi connectivity index (χ0n) is 9.74. The van der Waals surface area contributed by atoms with Crippen molar-refractivity contribution in [2.45, 2.75) is 0 Å². The van der Waals surface area contributed by atoms with Gasteiger partial charge in [0.15, 0.2) is 0 Å². The van der Waals surface area contributed by atoms with Crippen LogP contribution in [0.4, 0.5) is 0 Å². The first-order valence-corrected chi connectivity index (χ1v) is 6.45. The Morgan fingerprint density at radius 3 is 2.95 bits per heavy atom. The van der Waals surface area contributed by atoms with Gasteiger partial charge in [0.05, 0.1) is 5.52 Å². The van der Waals surface area contributed by atoms with Gasteiger partial charge in [-0.25, -0.2) is 4.79 Å². The second-order valence-electron chi connectivity index (χ2n) is 3.88. The molecule has 1 aromatic carbocycles. The van der Waals surface area contributed by atoms with E-state index in [0.29, 0.717) is 11.5 Å². The highest BCUT2D eigenvalue weighted by molar-refractivity contribution is 7.12. The third-order valence-electron chi connectivity index (χ3n) is 2.62. The molecular formula is C14H9NO3S. The van der Waals surface area contributed by atoms with E-state index in [9.17, 15) is 4.79 Å². The highest BCUT2D eigenvalue weighted by atomic mass is 32.1. The molecule has 19 heavy (non-hydrogen) atoms. The van der Waals surface area contributed by atoms with Gasteiger partial charge in [-0.05, 0) is 24.3 Å². The number of rotatable bonds is 3. The molecule has 94 valence electrons. The first-order valence-electron chi connectivity index (χ1n) is 5.57. The van der Waals surface area contributed by atoms with Gasteiger partial charge in [-0.15, -0.1) is 11.3 Å². The maximum atomic E-state index is 10.8. The monoisotopic (exact) mass is 271 g/mol. The summed E-state index contributed by atoms with van der Waals surface area (Å²) < 4.78 is 5.73. The van der Waals surface area contributed by atoms with Crippen LogP contribution in [0.5, 0.6) is 11.5 Å². The summed E-state index contributed by atoms with van der Waals surface area (Å²) in [5.74, 6) is 0.249. The quantitative estimate of drug-likeness (QED) is 0.787. The molecule has 0 aliphatic heterocycles. The average Bonchev–Trinajstić information content (AvgIpc) is 2.88. The molecule has 3 rings (SSSR count). The predicted molar refractivity (Wildman–Crippen MR) is 73.1 cm³/mol. The number of hydrogen-bond acceptors (Lipinski definition) is 4. The van der Waals surface area contributed by atoms with Crippen molar-refractivity contribution in [3.63, 3.8) is 0 Å². The van der Waals surface area contributed by atoms with Crippen molar-refractivity contribution in [3.8, 4) is 11.5 Å². The fourth-order valence-electron chi connectivity index (χ4n) is 1.78. The number of hydrogen-bond donors (Lipinski definition) is 1. The second-order valence-corrected chi connectivity index (χ2v) is 4.79. The lowest BCUT2D eigenvalue weighted by Gasteiger charge is -2.06. The number of ether oxygens (including phenoxy) is 1. The highest BCUT2D eigenvalue weighted by Gasteiger charge is 2.09. The Morgan fingerprint density at radius 1 is 1.26 bits per heavy atom. The number of carboxylic acid groups (broad SMARTS) is 1. The maximum Gasteiger partial charge on any atom is 0.346 e. The van der Waals surface area contributed by atoms with E-state index in [2.05, 4.69) is 4.98 Å². The lowest BCUT2D eigenvalue weighted by atomic mass is 10.2. The Labute approximate surface area is 112 Å². The number of pyridine rings is 1. The number of benzene rings is 1. The van der Waals surface area contributed by atoms with E-state index >= 15 is 0 Å². The summed E-state index contributed by atoms with van der Waals surface area (Å²) in [6, 6.07) is 10.9. The van der Waals surface area contributed by atoms with E-state index in [4.69, 9.17) is 9.84 Å². The summed E-state index contributed by atoms with van der Waals surface area (Å²) in [5.41, 5.74) is 0.841. The van der Waals surface area contributed by atoms with Gasteiger partial charge in [0, 0.05) is 23.0 Å². The smallest absolute Gasteiger partial charge is 0.346 e. The van der Waals surface area contributed by atoms with E-state index in [1.165, 1.54) is 6.07 Å². The van der Waals surface area contributed by atoms with Crippen molar-refractivity contribution in [2.24, 2.45) is 0 Å². The largest absolute Gasteiger partial charge is 0.477 e. The molecule has 0 amide bonds. The molecule has 0 aliphatic carbocycles. The number of carboxylic acids is 1. The zero-order chi connectivity index (χ0) is 13.2. The standard InChI is InChI=1S/C14H9NO3S/c16-14(17)13-7-9(8-19-13)18-12-5-1-4-11-10(12)3-2-6-15-11/h1-8H,(H,16,17). The van der Waals surface area contributed by atoms with Crippen molar-refractivity contribution in [3.05, 3.63) is 52.9 Å². The van der Waals surface area contributed by atoms with Crippen molar-refractivity contribution in [2.75, 3.05) is 0 Å². The first-order chi connectivity index (χ1) is 9.24. The van der Waals surface area contributed by atoms with Gasteiger partial charge in [-0.3, -0.25) is 4.98 Å². The molecule has 0 bridgehead atoms. The fraction of sp³-hybridized carbons (Fsp3) is 0. The summed E-state index contributed by atoms with van der Waals surface area (Å²) in [7, 11) is 0. The molecule has 0 fully saturated rings. The molecule has 0 radical (unpaired) electrons. The Bertz CT molecular complexity index is 746. The summed E-state index contributed by atoms with van der Waals surface area (Å²) in [5, 5.41) is 11.5. The van der Waals surface area contributed by atoms with E-state index in [1.807, 2.05) is 30.3 Å². The molecule has 0 atom stereocenters. The first kappa shape index (κ1) is 11.7. The van der Waals surface area contributed by atoms with Gasteiger partial charge in [-0.1, -0.05) is 6.07 Å². The molecule has 1 N–H and O–H groups in total. The Hall–Kier alpha value is -2.40. The van der Waals surface area contributed by atoms with Crippen LogP contribution in [0.1, 0.15) is 9.67 Å². The molecule has 0 spiro atoms. The minimum Gasteiger partial charge on any atom is -0.477 e. The van der Waals surface area contributed by atoms with Crippen LogP contribution >= 0.6 is 11.3 Å². The summed E-state index contributed by atoms with van der Waals surface area (Å²) in [6.45, 7) is 0. The zero-order valence-corrected chi connectivity index (χ0v) is 10.6. The van der Waals surface area contributed by atoms with Crippen LogP contribution < -0.4 is 4.74 Å². The molecule has 0 saturated carbocycles. The molecule has 3 aromatic rings. The van der Waals surface area contributed by atoms with Gasteiger partial charge in [0.25, 0.3) is 0 Å². The van der Waals surface area contributed by atoms with Crippen LogP contribution in [0.3, 0.4) is 0 Å². The highest BCUT2D eigenvalue weighted by Crippen LogP contribution is 2.31. The number of aromatic carboxylic acids is 1. The van der Waals surface area contributed by atoms with E-state index in [0.717, 1.165) is 22.2 Å². The molecule has 0 unspecified atom stereocenters.